The fraction of sp³-hybridized carbons (Fsp3) is 0.429. The van der Waals surface area contributed by atoms with Crippen molar-refractivity contribution in [3.05, 3.63) is 35.9 Å². The van der Waals surface area contributed by atoms with Gasteiger partial charge >= 0.3 is 0 Å². The second-order valence-electron chi connectivity index (χ2n) is 5.10. The van der Waals surface area contributed by atoms with Crippen molar-refractivity contribution in [3.63, 3.8) is 0 Å². The van der Waals surface area contributed by atoms with E-state index in [9.17, 15) is 13.6 Å². The van der Waals surface area contributed by atoms with Crippen molar-refractivity contribution in [3.8, 4) is 6.07 Å². The largest absolute Gasteiger partial charge is 0.291 e. The average molecular weight is 262 g/mol. The van der Waals surface area contributed by atoms with E-state index in [1.165, 1.54) is 0 Å². The fourth-order valence-corrected chi connectivity index (χ4v) is 2.82. The Balaban J connectivity index is 1.74. The standard InChI is InChI=1S/C14H12F2N2O/c15-14(16)10-7-18(8-11(10)14)12(6-17)13(19)9-4-2-1-3-5-9/h1-5,10-12H,7-8H2. The molecule has 1 aliphatic carbocycles. The van der Waals surface area contributed by atoms with Crippen LogP contribution >= 0.6 is 0 Å². The van der Waals surface area contributed by atoms with Crippen LogP contribution in [0.3, 0.4) is 0 Å². The zero-order valence-corrected chi connectivity index (χ0v) is 10.1. The van der Waals surface area contributed by atoms with Crippen LogP contribution in [0.2, 0.25) is 0 Å². The monoisotopic (exact) mass is 262 g/mol. The van der Waals surface area contributed by atoms with Crippen LogP contribution in [0.15, 0.2) is 30.3 Å². The van der Waals surface area contributed by atoms with Crippen molar-refractivity contribution in [2.24, 2.45) is 11.8 Å². The van der Waals surface area contributed by atoms with Gasteiger partial charge in [-0.25, -0.2) is 8.78 Å². The van der Waals surface area contributed by atoms with Crippen molar-refractivity contribution < 1.29 is 13.6 Å². The maximum absolute atomic E-state index is 13.1. The Morgan fingerprint density at radius 3 is 2.42 bits per heavy atom. The highest BCUT2D eigenvalue weighted by Crippen LogP contribution is 2.59. The number of fused-ring (bicyclic) bond motifs is 1. The molecule has 1 aliphatic heterocycles. The molecule has 3 unspecified atom stereocenters. The van der Waals surface area contributed by atoms with Gasteiger partial charge in [-0.1, -0.05) is 30.3 Å². The zero-order valence-electron chi connectivity index (χ0n) is 10.1. The summed E-state index contributed by atoms with van der Waals surface area (Å²) >= 11 is 0. The predicted molar refractivity (Wildman–Crippen MR) is 63.7 cm³/mol. The molecule has 1 saturated carbocycles. The first-order valence-corrected chi connectivity index (χ1v) is 6.16. The van der Waals surface area contributed by atoms with Gasteiger partial charge in [0, 0.05) is 30.5 Å². The number of likely N-dealkylation sites (tertiary alicyclic amines) is 1. The topological polar surface area (TPSA) is 44.1 Å². The number of hydrogen-bond acceptors (Lipinski definition) is 3. The minimum absolute atomic E-state index is 0.133. The van der Waals surface area contributed by atoms with E-state index in [0.717, 1.165) is 0 Å². The molecule has 98 valence electrons. The van der Waals surface area contributed by atoms with Gasteiger partial charge in [-0.3, -0.25) is 9.69 Å². The predicted octanol–water partition coefficient (Wildman–Crippen LogP) is 1.96. The van der Waals surface area contributed by atoms with E-state index in [0.29, 0.717) is 5.56 Å². The molecule has 1 saturated heterocycles. The summed E-state index contributed by atoms with van der Waals surface area (Å²) in [5.74, 6) is -4.25. The van der Waals surface area contributed by atoms with Gasteiger partial charge in [0.2, 0.25) is 0 Å². The van der Waals surface area contributed by atoms with Crippen molar-refractivity contribution in [1.29, 1.82) is 5.26 Å². The van der Waals surface area contributed by atoms with Gasteiger partial charge in [0.05, 0.1) is 6.07 Å². The summed E-state index contributed by atoms with van der Waals surface area (Å²) in [5, 5.41) is 9.15. The van der Waals surface area contributed by atoms with Gasteiger partial charge in [0.1, 0.15) is 0 Å². The first-order chi connectivity index (χ1) is 9.05. The van der Waals surface area contributed by atoms with E-state index in [-0.39, 0.29) is 18.9 Å². The van der Waals surface area contributed by atoms with Crippen LogP contribution in [0.5, 0.6) is 0 Å². The number of carbonyl (C=O) groups is 1. The molecule has 2 fully saturated rings. The Labute approximate surface area is 109 Å². The summed E-state index contributed by atoms with van der Waals surface area (Å²) in [7, 11) is 0. The third-order valence-electron chi connectivity index (χ3n) is 4.02. The first kappa shape index (κ1) is 12.2. The van der Waals surface area contributed by atoms with Crippen LogP contribution in [-0.4, -0.2) is 35.7 Å². The Hall–Kier alpha value is -1.80. The summed E-state index contributed by atoms with van der Waals surface area (Å²) in [6.45, 7) is 0.267. The van der Waals surface area contributed by atoms with E-state index in [2.05, 4.69) is 0 Å². The molecule has 0 amide bonds. The fourth-order valence-electron chi connectivity index (χ4n) is 2.82. The van der Waals surface area contributed by atoms with Crippen molar-refractivity contribution >= 4 is 5.78 Å². The van der Waals surface area contributed by atoms with Crippen LogP contribution in [0.25, 0.3) is 0 Å². The van der Waals surface area contributed by atoms with E-state index in [1.54, 1.807) is 35.2 Å². The van der Waals surface area contributed by atoms with E-state index in [4.69, 9.17) is 5.26 Å². The van der Waals surface area contributed by atoms with E-state index in [1.807, 2.05) is 6.07 Å². The first-order valence-electron chi connectivity index (χ1n) is 6.16. The molecular formula is C14H12F2N2O. The Bertz CT molecular complexity index is 538. The smallest absolute Gasteiger partial charge is 0.257 e. The summed E-state index contributed by atoms with van der Waals surface area (Å²) in [5.41, 5.74) is 0.446. The Kier molecular flexibility index (Phi) is 2.64. The van der Waals surface area contributed by atoms with E-state index >= 15 is 0 Å². The normalized spacial score (nSPS) is 29.3. The molecule has 1 aromatic rings. The lowest BCUT2D eigenvalue weighted by molar-refractivity contribution is 0.0462. The highest BCUT2D eigenvalue weighted by atomic mass is 19.3. The number of carbonyl (C=O) groups excluding carboxylic acids is 1. The maximum atomic E-state index is 13.1. The van der Waals surface area contributed by atoms with Gasteiger partial charge in [0.25, 0.3) is 5.92 Å². The lowest BCUT2D eigenvalue weighted by Crippen LogP contribution is -2.41. The summed E-state index contributed by atoms with van der Waals surface area (Å²) < 4.78 is 26.2. The Morgan fingerprint density at radius 1 is 1.32 bits per heavy atom. The van der Waals surface area contributed by atoms with Crippen LogP contribution in [0, 0.1) is 23.2 Å². The molecule has 3 rings (SSSR count). The molecule has 19 heavy (non-hydrogen) atoms. The van der Waals surface area contributed by atoms with Crippen LogP contribution < -0.4 is 0 Å². The number of hydrogen-bond donors (Lipinski definition) is 0. The maximum Gasteiger partial charge on any atom is 0.257 e. The number of ketones is 1. The van der Waals surface area contributed by atoms with Gasteiger partial charge in [-0.2, -0.15) is 5.26 Å². The van der Waals surface area contributed by atoms with Crippen molar-refractivity contribution in [2.75, 3.05) is 13.1 Å². The second kappa shape index (κ2) is 4.10. The third-order valence-corrected chi connectivity index (χ3v) is 4.02. The van der Waals surface area contributed by atoms with Gasteiger partial charge in [-0.15, -0.1) is 0 Å². The minimum Gasteiger partial charge on any atom is -0.291 e. The van der Waals surface area contributed by atoms with E-state index < -0.39 is 23.8 Å². The van der Waals surface area contributed by atoms with Crippen molar-refractivity contribution in [2.45, 2.75) is 12.0 Å². The molecule has 5 heteroatoms. The molecule has 0 aromatic heterocycles. The molecule has 1 aromatic carbocycles. The van der Waals surface area contributed by atoms with Gasteiger partial charge in [-0.05, 0) is 0 Å². The molecular weight excluding hydrogens is 250 g/mol. The van der Waals surface area contributed by atoms with Gasteiger partial charge < -0.3 is 0 Å². The molecule has 0 bridgehead atoms. The minimum atomic E-state index is -2.59. The molecule has 0 radical (unpaired) electrons. The van der Waals surface area contributed by atoms with Crippen LogP contribution in [0.4, 0.5) is 8.78 Å². The average Bonchev–Trinajstić information content (AvgIpc) is 2.81. The number of benzene rings is 1. The lowest BCUT2D eigenvalue weighted by Gasteiger charge is -2.23. The molecule has 1 heterocycles. The Morgan fingerprint density at radius 2 is 1.89 bits per heavy atom. The zero-order chi connectivity index (χ0) is 13.6. The lowest BCUT2D eigenvalue weighted by atomic mass is 10.0. The molecule has 0 N–H and O–H groups in total. The van der Waals surface area contributed by atoms with Crippen LogP contribution in [0.1, 0.15) is 10.4 Å². The molecule has 2 aliphatic rings. The number of rotatable bonds is 3. The second-order valence-corrected chi connectivity index (χ2v) is 5.10. The number of alkyl halides is 2. The molecule has 3 atom stereocenters. The SMILES string of the molecule is N#CC(C(=O)c1ccccc1)N1CC2C(C1)C2(F)F. The number of Topliss-reactive ketones (excluding diaryl/α,β-unsaturated/α-hetero) is 1. The summed E-state index contributed by atoms with van der Waals surface area (Å²) in [6, 6.07) is 9.48. The highest BCUT2D eigenvalue weighted by molar-refractivity contribution is 6.01. The quantitative estimate of drug-likeness (QED) is 0.782. The number of nitriles is 1. The van der Waals surface area contributed by atoms with Crippen LogP contribution in [-0.2, 0) is 0 Å². The summed E-state index contributed by atoms with van der Waals surface area (Å²) in [4.78, 5) is 13.8. The highest BCUT2D eigenvalue weighted by Gasteiger charge is 2.72. The molecule has 3 nitrogen and oxygen atoms in total. The third kappa shape index (κ3) is 1.83. The van der Waals surface area contributed by atoms with Crippen molar-refractivity contribution in [1.82, 2.24) is 4.90 Å². The number of piperidine rings is 1. The summed E-state index contributed by atoms with van der Waals surface area (Å²) in [6.07, 6.45) is 0. The molecule has 0 spiro atoms. The van der Waals surface area contributed by atoms with Gasteiger partial charge in [0.15, 0.2) is 11.8 Å². The number of halogens is 2. The number of nitrogens with zero attached hydrogens (tertiary/aromatic N) is 2.